The molecule has 0 bridgehead atoms. The number of nitro groups is 1. The van der Waals surface area contributed by atoms with Crippen LogP contribution in [0.15, 0.2) is 58.6 Å². The van der Waals surface area contributed by atoms with E-state index in [1.54, 1.807) is 30.3 Å². The van der Waals surface area contributed by atoms with Gasteiger partial charge in [-0.1, -0.05) is 40.2 Å². The van der Waals surface area contributed by atoms with Crippen molar-refractivity contribution in [2.24, 2.45) is 0 Å². The maximum Gasteiger partial charge on any atom is 0.295 e. The molecule has 2 saturated heterocycles. The minimum Gasteiger partial charge on any atom is -0.507 e. The van der Waals surface area contributed by atoms with Crippen molar-refractivity contribution in [2.45, 2.75) is 12.5 Å². The second-order valence-corrected chi connectivity index (χ2v) is 9.07. The molecular formula is C24H24BrN3O6. The Morgan fingerprint density at radius 1 is 1.12 bits per heavy atom. The number of aliphatic hydroxyl groups excluding tert-OH is 1. The second-order valence-electron chi connectivity index (χ2n) is 8.16. The van der Waals surface area contributed by atoms with Crippen LogP contribution in [0, 0.1) is 10.1 Å². The number of carbonyl (C=O) groups is 2. The van der Waals surface area contributed by atoms with Gasteiger partial charge in [0.05, 0.1) is 29.8 Å². The highest BCUT2D eigenvalue weighted by Gasteiger charge is 2.46. The van der Waals surface area contributed by atoms with E-state index in [9.17, 15) is 24.8 Å². The molecule has 2 aromatic rings. The molecule has 2 aromatic carbocycles. The summed E-state index contributed by atoms with van der Waals surface area (Å²) < 4.78 is 6.16. The summed E-state index contributed by atoms with van der Waals surface area (Å²) in [5.74, 6) is -1.83. The van der Waals surface area contributed by atoms with Crippen molar-refractivity contribution in [1.29, 1.82) is 0 Å². The summed E-state index contributed by atoms with van der Waals surface area (Å²) in [6.45, 7) is 3.91. The number of ether oxygens (including phenoxy) is 1. The van der Waals surface area contributed by atoms with E-state index in [0.29, 0.717) is 30.8 Å². The van der Waals surface area contributed by atoms with Gasteiger partial charge in [0.15, 0.2) is 0 Å². The third-order valence-corrected chi connectivity index (χ3v) is 6.56. The van der Waals surface area contributed by atoms with Gasteiger partial charge < -0.3 is 14.7 Å². The summed E-state index contributed by atoms with van der Waals surface area (Å²) in [5, 5.41) is 22.4. The fourth-order valence-electron chi connectivity index (χ4n) is 4.32. The van der Waals surface area contributed by atoms with Gasteiger partial charge in [-0.2, -0.15) is 0 Å². The summed E-state index contributed by atoms with van der Waals surface area (Å²) >= 11 is 3.34. The Morgan fingerprint density at radius 3 is 2.50 bits per heavy atom. The molecule has 10 heteroatoms. The number of ketones is 1. The second kappa shape index (κ2) is 10.5. The quantitative estimate of drug-likeness (QED) is 0.192. The maximum atomic E-state index is 13.1. The van der Waals surface area contributed by atoms with Crippen LogP contribution < -0.4 is 0 Å². The van der Waals surface area contributed by atoms with Crippen LogP contribution in [-0.2, 0) is 14.3 Å². The predicted molar refractivity (Wildman–Crippen MR) is 128 cm³/mol. The molecule has 2 aliphatic heterocycles. The highest BCUT2D eigenvalue weighted by atomic mass is 79.9. The number of morpholine rings is 1. The van der Waals surface area contributed by atoms with E-state index in [2.05, 4.69) is 20.8 Å². The van der Waals surface area contributed by atoms with E-state index in [0.717, 1.165) is 24.1 Å². The van der Waals surface area contributed by atoms with Crippen molar-refractivity contribution in [2.75, 3.05) is 39.4 Å². The van der Waals surface area contributed by atoms with Gasteiger partial charge in [-0.25, -0.2) is 0 Å². The molecule has 1 N–H and O–H groups in total. The third-order valence-electron chi connectivity index (χ3n) is 6.03. The zero-order chi connectivity index (χ0) is 24.2. The van der Waals surface area contributed by atoms with Crippen LogP contribution >= 0.6 is 15.9 Å². The van der Waals surface area contributed by atoms with Crippen LogP contribution in [0.25, 0.3) is 5.76 Å². The van der Waals surface area contributed by atoms with Crippen molar-refractivity contribution in [3.8, 4) is 0 Å². The molecule has 34 heavy (non-hydrogen) atoms. The number of benzene rings is 2. The average molecular weight is 530 g/mol. The van der Waals surface area contributed by atoms with Gasteiger partial charge in [0.2, 0.25) is 0 Å². The average Bonchev–Trinajstić information content (AvgIpc) is 3.10. The molecule has 178 valence electrons. The van der Waals surface area contributed by atoms with Crippen LogP contribution in [0.3, 0.4) is 0 Å². The van der Waals surface area contributed by atoms with Gasteiger partial charge >= 0.3 is 0 Å². The molecule has 0 radical (unpaired) electrons. The molecule has 1 amide bonds. The molecule has 0 spiro atoms. The summed E-state index contributed by atoms with van der Waals surface area (Å²) in [6, 6.07) is 11.6. The van der Waals surface area contributed by atoms with Crippen molar-refractivity contribution < 1.29 is 24.4 Å². The Balaban J connectivity index is 1.70. The predicted octanol–water partition coefficient (Wildman–Crippen LogP) is 3.50. The number of carbonyl (C=O) groups excluding carboxylic acids is 2. The minimum absolute atomic E-state index is 0.0702. The first kappa shape index (κ1) is 24.1. The Hall–Kier alpha value is -3.08. The zero-order valence-electron chi connectivity index (χ0n) is 18.4. The van der Waals surface area contributed by atoms with Crippen molar-refractivity contribution in [1.82, 2.24) is 9.80 Å². The molecule has 4 rings (SSSR count). The molecule has 9 nitrogen and oxygen atoms in total. The number of likely N-dealkylation sites (tertiary alicyclic amines) is 1. The van der Waals surface area contributed by atoms with E-state index in [4.69, 9.17) is 4.74 Å². The number of non-ortho nitro benzene ring substituents is 1. The van der Waals surface area contributed by atoms with E-state index >= 15 is 0 Å². The summed E-state index contributed by atoms with van der Waals surface area (Å²) in [6.07, 6.45) is 0.608. The van der Waals surface area contributed by atoms with Gasteiger partial charge in [0.25, 0.3) is 17.4 Å². The monoisotopic (exact) mass is 529 g/mol. The van der Waals surface area contributed by atoms with E-state index < -0.39 is 22.7 Å². The Bertz CT molecular complexity index is 1130. The zero-order valence-corrected chi connectivity index (χ0v) is 19.9. The fraction of sp³-hybridized carbons (Fsp3) is 0.333. The summed E-state index contributed by atoms with van der Waals surface area (Å²) in [7, 11) is 0. The summed E-state index contributed by atoms with van der Waals surface area (Å²) in [4.78, 5) is 40.6. The molecule has 1 atom stereocenters. The molecule has 2 aliphatic rings. The molecule has 0 unspecified atom stereocenters. The molecule has 0 aliphatic carbocycles. The van der Waals surface area contributed by atoms with E-state index in [1.807, 2.05) is 0 Å². The number of Topliss-reactive ketones (excluding diaryl/α,β-unsaturated/α-hetero) is 1. The summed E-state index contributed by atoms with van der Waals surface area (Å²) in [5.41, 5.74) is 0.558. The van der Waals surface area contributed by atoms with E-state index in [1.165, 1.54) is 23.1 Å². The molecule has 2 fully saturated rings. The fourth-order valence-corrected chi connectivity index (χ4v) is 4.58. The number of amides is 1. The largest absolute Gasteiger partial charge is 0.507 e. The van der Waals surface area contributed by atoms with Gasteiger partial charge in [-0.05, 0) is 24.1 Å². The molecule has 0 aromatic heterocycles. The molecular weight excluding hydrogens is 506 g/mol. The van der Waals surface area contributed by atoms with Gasteiger partial charge in [-0.15, -0.1) is 0 Å². The minimum atomic E-state index is -0.923. The lowest BCUT2D eigenvalue weighted by atomic mass is 9.95. The number of hydrogen-bond donors (Lipinski definition) is 1. The Morgan fingerprint density at radius 2 is 1.82 bits per heavy atom. The lowest BCUT2D eigenvalue weighted by Gasteiger charge is -2.29. The molecule has 0 saturated carbocycles. The van der Waals surface area contributed by atoms with Crippen molar-refractivity contribution >= 4 is 39.1 Å². The normalized spacial score (nSPS) is 20.6. The topological polar surface area (TPSA) is 113 Å². The van der Waals surface area contributed by atoms with Gasteiger partial charge in [0.1, 0.15) is 5.76 Å². The molecule has 2 heterocycles. The number of nitrogens with zero attached hydrogens (tertiary/aromatic N) is 3. The first-order valence-corrected chi connectivity index (χ1v) is 11.7. The Labute approximate surface area is 204 Å². The first-order valence-electron chi connectivity index (χ1n) is 11.0. The first-order chi connectivity index (χ1) is 16.4. The Kier molecular flexibility index (Phi) is 7.40. The van der Waals surface area contributed by atoms with E-state index in [-0.39, 0.29) is 23.6 Å². The number of aliphatic hydroxyl groups is 1. The third kappa shape index (κ3) is 5.03. The maximum absolute atomic E-state index is 13.1. The smallest absolute Gasteiger partial charge is 0.295 e. The lowest BCUT2D eigenvalue weighted by molar-refractivity contribution is -0.384. The highest BCUT2D eigenvalue weighted by molar-refractivity contribution is 9.10. The van der Waals surface area contributed by atoms with Crippen LogP contribution in [0.4, 0.5) is 5.69 Å². The number of nitro benzene ring substituents is 1. The van der Waals surface area contributed by atoms with Crippen LogP contribution in [0.2, 0.25) is 0 Å². The number of hydrogen-bond acceptors (Lipinski definition) is 7. The van der Waals surface area contributed by atoms with Crippen LogP contribution in [0.5, 0.6) is 0 Å². The highest BCUT2D eigenvalue weighted by Crippen LogP contribution is 2.40. The van der Waals surface area contributed by atoms with Gasteiger partial charge in [0, 0.05) is 48.3 Å². The standard InChI is InChI=1S/C24H24BrN3O6/c25-18-7-5-16(6-8-18)22(29)20-21(17-3-1-4-19(15-17)28(32)33)27(24(31)23(20)30)10-2-9-26-11-13-34-14-12-26/h1,3-8,15,21,29H,2,9-14H2/t21-/m1/s1. The lowest BCUT2D eigenvalue weighted by Crippen LogP contribution is -2.39. The van der Waals surface area contributed by atoms with Crippen molar-refractivity contribution in [3.63, 3.8) is 0 Å². The number of rotatable bonds is 7. The van der Waals surface area contributed by atoms with Gasteiger partial charge in [-0.3, -0.25) is 24.6 Å². The number of halogens is 1. The van der Waals surface area contributed by atoms with Crippen molar-refractivity contribution in [3.05, 3.63) is 79.8 Å². The SMILES string of the molecule is O=C1C(=O)N(CCCN2CCOCC2)[C@H](c2cccc([N+](=O)[O-])c2)C1=C(O)c1ccc(Br)cc1. The van der Waals surface area contributed by atoms with Crippen LogP contribution in [-0.4, -0.2) is 70.9 Å². The van der Waals surface area contributed by atoms with Crippen LogP contribution in [0.1, 0.15) is 23.6 Å².